The fraction of sp³-hybridized carbons (Fsp3) is 0.500. The van der Waals surface area contributed by atoms with Crippen LogP contribution >= 0.6 is 11.3 Å². The number of carbonyl (C=O) groups excluding carboxylic acids is 1. The Hall–Kier alpha value is -1.66. The van der Waals surface area contributed by atoms with E-state index in [1.807, 2.05) is 37.2 Å². The molecule has 1 fully saturated rings. The lowest BCUT2D eigenvalue weighted by molar-refractivity contribution is 0.0702. The van der Waals surface area contributed by atoms with E-state index < -0.39 is 0 Å². The first-order valence-corrected chi connectivity index (χ1v) is 8.54. The number of hydrogen-bond acceptors (Lipinski definition) is 4. The average molecular weight is 318 g/mol. The fourth-order valence-electron chi connectivity index (χ4n) is 3.15. The SMILES string of the molecule is Cc1cc(C(=O)N(C)C2CCNCC2)c(C)n1-c1nccs1. The molecule has 0 spiro atoms. The summed E-state index contributed by atoms with van der Waals surface area (Å²) < 4.78 is 2.06. The molecule has 22 heavy (non-hydrogen) atoms. The first kappa shape index (κ1) is 15.2. The molecular formula is C16H22N4OS. The second kappa shape index (κ2) is 6.22. The number of piperidine rings is 1. The van der Waals surface area contributed by atoms with Gasteiger partial charge in [0.05, 0.1) is 5.56 Å². The van der Waals surface area contributed by atoms with E-state index in [-0.39, 0.29) is 5.91 Å². The zero-order chi connectivity index (χ0) is 15.7. The smallest absolute Gasteiger partial charge is 0.255 e. The standard InChI is InChI=1S/C16H22N4OS/c1-11-10-14(12(2)20(11)16-18-8-9-22-16)15(21)19(3)13-4-6-17-7-5-13/h8-10,13,17H,4-7H2,1-3H3. The van der Waals surface area contributed by atoms with E-state index in [1.54, 1.807) is 17.5 Å². The van der Waals surface area contributed by atoms with Gasteiger partial charge in [-0.15, -0.1) is 11.3 Å². The summed E-state index contributed by atoms with van der Waals surface area (Å²) in [5.41, 5.74) is 2.81. The Morgan fingerprint density at radius 1 is 1.41 bits per heavy atom. The predicted molar refractivity (Wildman–Crippen MR) is 88.9 cm³/mol. The van der Waals surface area contributed by atoms with Gasteiger partial charge >= 0.3 is 0 Å². The molecule has 3 rings (SSSR count). The lowest BCUT2D eigenvalue weighted by atomic mass is 10.0. The van der Waals surface area contributed by atoms with Gasteiger partial charge in [0, 0.05) is 36.1 Å². The highest BCUT2D eigenvalue weighted by Crippen LogP contribution is 2.24. The van der Waals surface area contributed by atoms with Crippen molar-refractivity contribution in [2.75, 3.05) is 20.1 Å². The summed E-state index contributed by atoms with van der Waals surface area (Å²) in [4.78, 5) is 19.2. The van der Waals surface area contributed by atoms with Crippen LogP contribution in [0.25, 0.3) is 5.13 Å². The van der Waals surface area contributed by atoms with Gasteiger partial charge in [-0.1, -0.05) is 0 Å². The van der Waals surface area contributed by atoms with Crippen LogP contribution in [-0.4, -0.2) is 46.5 Å². The summed E-state index contributed by atoms with van der Waals surface area (Å²) in [6.45, 7) is 5.99. The zero-order valence-corrected chi connectivity index (χ0v) is 14.1. The van der Waals surface area contributed by atoms with E-state index in [0.717, 1.165) is 48.0 Å². The minimum atomic E-state index is 0.114. The summed E-state index contributed by atoms with van der Waals surface area (Å²) in [5, 5.41) is 6.21. The quantitative estimate of drug-likeness (QED) is 0.945. The van der Waals surface area contributed by atoms with E-state index in [1.165, 1.54) is 0 Å². The Morgan fingerprint density at radius 3 is 2.77 bits per heavy atom. The third kappa shape index (κ3) is 2.68. The first-order chi connectivity index (χ1) is 10.6. The maximum absolute atomic E-state index is 12.9. The van der Waals surface area contributed by atoms with Crippen LogP contribution in [0, 0.1) is 13.8 Å². The van der Waals surface area contributed by atoms with Gasteiger partial charge in [0.15, 0.2) is 5.13 Å². The number of nitrogens with zero attached hydrogens (tertiary/aromatic N) is 3. The van der Waals surface area contributed by atoms with Crippen molar-refractivity contribution >= 4 is 17.2 Å². The van der Waals surface area contributed by atoms with Crippen LogP contribution in [0.5, 0.6) is 0 Å². The molecule has 0 saturated carbocycles. The molecule has 1 aliphatic rings. The van der Waals surface area contributed by atoms with Gasteiger partial charge in [0.2, 0.25) is 0 Å². The predicted octanol–water partition coefficient (Wildman–Crippen LogP) is 2.37. The van der Waals surface area contributed by atoms with Crippen LogP contribution < -0.4 is 5.32 Å². The van der Waals surface area contributed by atoms with E-state index >= 15 is 0 Å². The molecule has 0 aliphatic carbocycles. The van der Waals surface area contributed by atoms with Crippen LogP contribution in [0.4, 0.5) is 0 Å². The molecule has 1 saturated heterocycles. The normalized spacial score (nSPS) is 16.0. The third-order valence-corrected chi connectivity index (χ3v) is 5.21. The van der Waals surface area contributed by atoms with Crippen LogP contribution in [-0.2, 0) is 0 Å². The van der Waals surface area contributed by atoms with Crippen molar-refractivity contribution in [1.29, 1.82) is 0 Å². The van der Waals surface area contributed by atoms with Gasteiger partial charge in [-0.25, -0.2) is 4.98 Å². The molecule has 1 amide bonds. The molecule has 0 bridgehead atoms. The number of rotatable bonds is 3. The summed E-state index contributed by atoms with van der Waals surface area (Å²) in [6, 6.07) is 2.31. The number of hydrogen-bond donors (Lipinski definition) is 1. The lowest BCUT2D eigenvalue weighted by Gasteiger charge is -2.31. The average Bonchev–Trinajstić information content (AvgIpc) is 3.14. The highest BCUT2D eigenvalue weighted by atomic mass is 32.1. The van der Waals surface area contributed by atoms with Crippen molar-refractivity contribution in [3.8, 4) is 5.13 Å². The summed E-state index contributed by atoms with van der Waals surface area (Å²) in [7, 11) is 1.92. The van der Waals surface area contributed by atoms with E-state index in [2.05, 4.69) is 14.9 Å². The van der Waals surface area contributed by atoms with Crippen molar-refractivity contribution in [2.45, 2.75) is 32.7 Å². The van der Waals surface area contributed by atoms with Gasteiger partial charge in [-0.2, -0.15) is 0 Å². The van der Waals surface area contributed by atoms with E-state index in [4.69, 9.17) is 0 Å². The molecule has 2 aromatic rings. The van der Waals surface area contributed by atoms with Crippen molar-refractivity contribution < 1.29 is 4.79 Å². The van der Waals surface area contributed by atoms with Crippen LogP contribution in [0.15, 0.2) is 17.6 Å². The zero-order valence-electron chi connectivity index (χ0n) is 13.3. The van der Waals surface area contributed by atoms with Gasteiger partial charge in [-0.05, 0) is 45.8 Å². The highest BCUT2D eigenvalue weighted by molar-refractivity contribution is 7.12. The lowest BCUT2D eigenvalue weighted by Crippen LogP contribution is -2.44. The molecule has 0 unspecified atom stereocenters. The summed E-state index contributed by atoms with van der Waals surface area (Å²) in [6.07, 6.45) is 3.84. The maximum atomic E-state index is 12.9. The Morgan fingerprint density at radius 2 is 2.14 bits per heavy atom. The largest absolute Gasteiger partial charge is 0.339 e. The van der Waals surface area contributed by atoms with E-state index in [0.29, 0.717) is 6.04 Å². The molecule has 0 atom stereocenters. The topological polar surface area (TPSA) is 50.2 Å². The van der Waals surface area contributed by atoms with Crippen molar-refractivity contribution in [3.63, 3.8) is 0 Å². The number of aromatic nitrogens is 2. The third-order valence-electron chi connectivity index (χ3n) is 4.45. The molecule has 2 aromatic heterocycles. The van der Waals surface area contributed by atoms with Crippen LogP contribution in [0.1, 0.15) is 34.6 Å². The first-order valence-electron chi connectivity index (χ1n) is 7.66. The number of carbonyl (C=O) groups is 1. The fourth-order valence-corrected chi connectivity index (χ4v) is 3.90. The molecule has 1 aliphatic heterocycles. The Balaban J connectivity index is 1.88. The Bertz CT molecular complexity index is 656. The number of aryl methyl sites for hydroxylation is 1. The molecule has 3 heterocycles. The van der Waals surface area contributed by atoms with Crippen molar-refractivity contribution in [1.82, 2.24) is 19.8 Å². The second-order valence-electron chi connectivity index (χ2n) is 5.83. The second-order valence-corrected chi connectivity index (χ2v) is 6.71. The molecule has 0 aromatic carbocycles. The van der Waals surface area contributed by atoms with Crippen LogP contribution in [0.3, 0.4) is 0 Å². The van der Waals surface area contributed by atoms with Gasteiger partial charge < -0.3 is 10.2 Å². The molecule has 118 valence electrons. The van der Waals surface area contributed by atoms with Crippen molar-refractivity contribution in [3.05, 3.63) is 34.6 Å². The Kier molecular flexibility index (Phi) is 4.31. The molecule has 1 N–H and O–H groups in total. The minimum absolute atomic E-state index is 0.114. The number of amides is 1. The van der Waals surface area contributed by atoms with Gasteiger partial charge in [0.25, 0.3) is 5.91 Å². The minimum Gasteiger partial charge on any atom is -0.339 e. The Labute approximate surface area is 135 Å². The molecule has 0 radical (unpaired) electrons. The van der Waals surface area contributed by atoms with Crippen molar-refractivity contribution in [2.24, 2.45) is 0 Å². The van der Waals surface area contributed by atoms with Gasteiger partial charge in [0.1, 0.15) is 0 Å². The highest BCUT2D eigenvalue weighted by Gasteiger charge is 2.26. The summed E-state index contributed by atoms with van der Waals surface area (Å²) in [5.74, 6) is 0.114. The molecular weight excluding hydrogens is 296 g/mol. The maximum Gasteiger partial charge on any atom is 0.255 e. The van der Waals surface area contributed by atoms with Crippen LogP contribution in [0.2, 0.25) is 0 Å². The molecule has 6 heteroatoms. The summed E-state index contributed by atoms with van der Waals surface area (Å²) >= 11 is 1.58. The number of thiazole rings is 1. The molecule has 5 nitrogen and oxygen atoms in total. The monoisotopic (exact) mass is 318 g/mol. The van der Waals surface area contributed by atoms with E-state index in [9.17, 15) is 4.79 Å². The number of nitrogens with one attached hydrogen (secondary N) is 1. The van der Waals surface area contributed by atoms with Gasteiger partial charge in [-0.3, -0.25) is 9.36 Å².